The van der Waals surface area contributed by atoms with Crippen molar-refractivity contribution in [1.29, 1.82) is 0 Å². The first-order chi connectivity index (χ1) is 16.6. The molecule has 0 unspecified atom stereocenters. The van der Waals surface area contributed by atoms with Crippen molar-refractivity contribution in [1.82, 2.24) is 20.0 Å². The molecular formula is C24H19F7N4O. The molecule has 2 aromatic heterocycles. The molecule has 0 amide bonds. The quantitative estimate of drug-likeness (QED) is 0.273. The normalized spacial score (nSPS) is 12.8. The summed E-state index contributed by atoms with van der Waals surface area (Å²) in [5.74, 6) is -1.09. The van der Waals surface area contributed by atoms with Gasteiger partial charge in [-0.15, -0.1) is 10.2 Å². The Morgan fingerprint density at radius 1 is 0.778 bits per heavy atom. The van der Waals surface area contributed by atoms with Crippen LogP contribution in [0.2, 0.25) is 0 Å². The number of hydrogen-bond donors (Lipinski definition) is 0. The topological polar surface area (TPSA) is 56.7 Å². The third-order valence-electron chi connectivity index (χ3n) is 5.27. The van der Waals surface area contributed by atoms with Crippen LogP contribution < -0.4 is 0 Å². The average molecular weight is 512 g/mol. The van der Waals surface area contributed by atoms with Gasteiger partial charge in [0.15, 0.2) is 0 Å². The molecular weight excluding hydrogens is 493 g/mol. The molecule has 4 rings (SSSR count). The van der Waals surface area contributed by atoms with Crippen LogP contribution in [0.5, 0.6) is 0 Å². The molecule has 0 saturated carbocycles. The van der Waals surface area contributed by atoms with E-state index in [4.69, 9.17) is 4.42 Å². The molecule has 2 heterocycles. The van der Waals surface area contributed by atoms with Gasteiger partial charge >= 0.3 is 12.4 Å². The van der Waals surface area contributed by atoms with Crippen LogP contribution in [0.15, 0.2) is 52.9 Å². The zero-order valence-electron chi connectivity index (χ0n) is 19.2. The molecule has 0 spiro atoms. The van der Waals surface area contributed by atoms with Crippen molar-refractivity contribution in [2.75, 3.05) is 0 Å². The van der Waals surface area contributed by atoms with Crippen LogP contribution >= 0.6 is 0 Å². The number of halogens is 7. The molecule has 0 fully saturated rings. The zero-order valence-corrected chi connectivity index (χ0v) is 19.2. The Balaban J connectivity index is 1.79. The van der Waals surface area contributed by atoms with Gasteiger partial charge in [0.1, 0.15) is 11.5 Å². The predicted octanol–water partition coefficient (Wildman–Crippen LogP) is 7.12. The Labute approximate surface area is 200 Å². The minimum Gasteiger partial charge on any atom is -0.415 e. The Morgan fingerprint density at radius 2 is 1.33 bits per heavy atom. The third kappa shape index (κ3) is 5.42. The van der Waals surface area contributed by atoms with Gasteiger partial charge in [-0.05, 0) is 42.0 Å². The summed E-state index contributed by atoms with van der Waals surface area (Å²) >= 11 is 0. The first kappa shape index (κ1) is 25.4. The SMILES string of the molecule is CC(C)(C)c1cc(-c2nnc(-c3cc(C(F)(F)F)cc(C(F)(F)F)c3)o2)n(Cc2ccc(F)cc2)n1. The summed E-state index contributed by atoms with van der Waals surface area (Å²) < 4.78 is 99.9. The van der Waals surface area contributed by atoms with Gasteiger partial charge in [0.25, 0.3) is 5.89 Å². The van der Waals surface area contributed by atoms with E-state index in [-0.39, 0.29) is 18.5 Å². The van der Waals surface area contributed by atoms with E-state index in [9.17, 15) is 30.7 Å². The molecule has 0 aliphatic carbocycles. The molecule has 36 heavy (non-hydrogen) atoms. The monoisotopic (exact) mass is 512 g/mol. The third-order valence-corrected chi connectivity index (χ3v) is 5.27. The predicted molar refractivity (Wildman–Crippen MR) is 115 cm³/mol. The largest absolute Gasteiger partial charge is 0.416 e. The molecule has 0 saturated heterocycles. The summed E-state index contributed by atoms with van der Waals surface area (Å²) in [7, 11) is 0. The molecule has 0 atom stereocenters. The van der Waals surface area contributed by atoms with Gasteiger partial charge < -0.3 is 4.42 Å². The van der Waals surface area contributed by atoms with Crippen molar-refractivity contribution >= 4 is 0 Å². The fraction of sp³-hybridized carbons (Fsp3) is 0.292. The number of nitrogens with zero attached hydrogens (tertiary/aromatic N) is 4. The summed E-state index contributed by atoms with van der Waals surface area (Å²) in [6.45, 7) is 5.89. The molecule has 0 N–H and O–H groups in total. The molecule has 0 radical (unpaired) electrons. The average Bonchev–Trinajstić information content (AvgIpc) is 3.41. The minimum absolute atomic E-state index is 0.0220. The van der Waals surface area contributed by atoms with Crippen molar-refractivity contribution in [2.24, 2.45) is 0 Å². The lowest BCUT2D eigenvalue weighted by Crippen LogP contribution is -2.13. The lowest BCUT2D eigenvalue weighted by atomic mass is 9.92. The molecule has 0 aliphatic heterocycles. The maximum atomic E-state index is 13.3. The minimum atomic E-state index is -5.02. The number of aromatic nitrogens is 4. The fourth-order valence-corrected chi connectivity index (χ4v) is 3.36. The summed E-state index contributed by atoms with van der Waals surface area (Å²) in [4.78, 5) is 0. The Morgan fingerprint density at radius 3 is 1.86 bits per heavy atom. The first-order valence-corrected chi connectivity index (χ1v) is 10.6. The maximum Gasteiger partial charge on any atom is 0.416 e. The molecule has 0 bridgehead atoms. The number of alkyl halides is 6. The van der Waals surface area contributed by atoms with E-state index in [2.05, 4.69) is 15.3 Å². The molecule has 12 heteroatoms. The van der Waals surface area contributed by atoms with Crippen LogP contribution in [-0.2, 0) is 24.3 Å². The molecule has 5 nitrogen and oxygen atoms in total. The van der Waals surface area contributed by atoms with Gasteiger partial charge in [-0.2, -0.15) is 31.4 Å². The first-order valence-electron chi connectivity index (χ1n) is 10.6. The highest BCUT2D eigenvalue weighted by Crippen LogP contribution is 2.39. The second-order valence-corrected chi connectivity index (χ2v) is 9.16. The standard InChI is InChI=1S/C24H19F7N4O/c1-22(2,3)19-11-18(35(34-19)12-13-4-6-17(25)7-5-13)21-33-32-20(36-21)14-8-15(23(26,27)28)10-16(9-14)24(29,30)31/h4-11H,12H2,1-3H3. The van der Waals surface area contributed by atoms with Crippen LogP contribution in [0.3, 0.4) is 0 Å². The van der Waals surface area contributed by atoms with Crippen LogP contribution in [0.1, 0.15) is 43.2 Å². The van der Waals surface area contributed by atoms with E-state index in [1.807, 2.05) is 20.8 Å². The molecule has 0 aliphatic rings. The Hall–Kier alpha value is -3.70. The van der Waals surface area contributed by atoms with Crippen molar-refractivity contribution in [3.63, 3.8) is 0 Å². The maximum absolute atomic E-state index is 13.3. The van der Waals surface area contributed by atoms with Gasteiger partial charge in [0.05, 0.1) is 23.4 Å². The van der Waals surface area contributed by atoms with E-state index in [1.54, 1.807) is 18.2 Å². The smallest absolute Gasteiger partial charge is 0.415 e. The number of rotatable bonds is 4. The van der Waals surface area contributed by atoms with Gasteiger partial charge in [0.2, 0.25) is 5.89 Å². The lowest BCUT2D eigenvalue weighted by molar-refractivity contribution is -0.143. The van der Waals surface area contributed by atoms with Gasteiger partial charge in [0, 0.05) is 11.0 Å². The molecule has 2 aromatic carbocycles. The van der Waals surface area contributed by atoms with E-state index < -0.39 is 46.2 Å². The highest BCUT2D eigenvalue weighted by atomic mass is 19.4. The van der Waals surface area contributed by atoms with E-state index in [0.29, 0.717) is 29.1 Å². The van der Waals surface area contributed by atoms with E-state index >= 15 is 0 Å². The molecule has 4 aromatic rings. The summed E-state index contributed by atoms with van der Waals surface area (Å²) in [6.07, 6.45) is -10.0. The Bertz CT molecular complexity index is 1350. The van der Waals surface area contributed by atoms with E-state index in [1.165, 1.54) is 16.8 Å². The van der Waals surface area contributed by atoms with Crippen LogP contribution in [0.4, 0.5) is 30.7 Å². The Kier molecular flexibility index (Phi) is 6.17. The van der Waals surface area contributed by atoms with Gasteiger partial charge in [-0.3, -0.25) is 4.68 Å². The van der Waals surface area contributed by atoms with Gasteiger partial charge in [-0.1, -0.05) is 32.9 Å². The lowest BCUT2D eigenvalue weighted by Gasteiger charge is -2.14. The van der Waals surface area contributed by atoms with Crippen LogP contribution in [-0.4, -0.2) is 20.0 Å². The number of hydrogen-bond acceptors (Lipinski definition) is 4. The van der Waals surface area contributed by atoms with Gasteiger partial charge in [-0.25, -0.2) is 4.39 Å². The summed E-state index contributed by atoms with van der Waals surface area (Å²) in [6, 6.07) is 8.37. The highest BCUT2D eigenvalue weighted by Gasteiger charge is 2.37. The zero-order chi connectivity index (χ0) is 26.5. The second kappa shape index (κ2) is 8.75. The second-order valence-electron chi connectivity index (χ2n) is 9.16. The summed E-state index contributed by atoms with van der Waals surface area (Å²) in [5.41, 5.74) is -2.32. The molecule has 190 valence electrons. The van der Waals surface area contributed by atoms with Crippen LogP contribution in [0, 0.1) is 5.82 Å². The number of benzene rings is 2. The van der Waals surface area contributed by atoms with Crippen molar-refractivity contribution in [3.05, 3.63) is 76.7 Å². The van der Waals surface area contributed by atoms with E-state index in [0.717, 1.165) is 0 Å². The fourth-order valence-electron chi connectivity index (χ4n) is 3.36. The summed E-state index contributed by atoms with van der Waals surface area (Å²) in [5, 5.41) is 12.1. The van der Waals surface area contributed by atoms with Crippen LogP contribution in [0.25, 0.3) is 23.0 Å². The van der Waals surface area contributed by atoms with Crippen molar-refractivity contribution in [3.8, 4) is 23.0 Å². The van der Waals surface area contributed by atoms with Crippen molar-refractivity contribution in [2.45, 2.75) is 45.1 Å². The highest BCUT2D eigenvalue weighted by molar-refractivity contribution is 5.59. The van der Waals surface area contributed by atoms with Crippen molar-refractivity contribution < 1.29 is 35.2 Å².